The molecule has 0 aliphatic carbocycles. The average Bonchev–Trinajstić information content (AvgIpc) is 1.85. The van der Waals surface area contributed by atoms with E-state index in [2.05, 4.69) is 19.6 Å². The van der Waals surface area contributed by atoms with E-state index in [0.717, 1.165) is 18.6 Å². The standard InChI is InChI=1S/C7H14O2S/c1-6(4-5-10)2-3-7(8)9/h6,10H,2-5H2,1H3,(H,8,9). The van der Waals surface area contributed by atoms with E-state index in [0.29, 0.717) is 5.92 Å². The van der Waals surface area contributed by atoms with E-state index < -0.39 is 5.97 Å². The summed E-state index contributed by atoms with van der Waals surface area (Å²) >= 11 is 4.06. The second kappa shape index (κ2) is 5.59. The highest BCUT2D eigenvalue weighted by Crippen LogP contribution is 2.10. The second-order valence-corrected chi connectivity index (χ2v) is 3.00. The Morgan fingerprint density at radius 2 is 2.20 bits per heavy atom. The maximum Gasteiger partial charge on any atom is 0.303 e. The van der Waals surface area contributed by atoms with E-state index in [-0.39, 0.29) is 6.42 Å². The molecule has 0 aliphatic heterocycles. The predicted molar refractivity (Wildman–Crippen MR) is 44.5 cm³/mol. The van der Waals surface area contributed by atoms with Crippen LogP contribution in [0.4, 0.5) is 0 Å². The highest BCUT2D eigenvalue weighted by molar-refractivity contribution is 7.80. The largest absolute Gasteiger partial charge is 0.481 e. The molecule has 0 rings (SSSR count). The molecule has 0 fully saturated rings. The van der Waals surface area contributed by atoms with E-state index in [1.54, 1.807) is 0 Å². The van der Waals surface area contributed by atoms with Crippen LogP contribution in [0.15, 0.2) is 0 Å². The van der Waals surface area contributed by atoms with Crippen molar-refractivity contribution in [3.8, 4) is 0 Å². The van der Waals surface area contributed by atoms with Gasteiger partial charge in [0.2, 0.25) is 0 Å². The number of rotatable bonds is 5. The number of carboxylic acid groups (broad SMARTS) is 1. The monoisotopic (exact) mass is 162 g/mol. The third-order valence-electron chi connectivity index (χ3n) is 1.47. The SMILES string of the molecule is CC(CCS)CCC(=O)O. The number of aliphatic carboxylic acids is 1. The molecule has 0 radical (unpaired) electrons. The Bertz CT molecular complexity index is 104. The summed E-state index contributed by atoms with van der Waals surface area (Å²) in [5, 5.41) is 8.31. The first-order valence-electron chi connectivity index (χ1n) is 3.49. The molecule has 1 unspecified atom stereocenters. The second-order valence-electron chi connectivity index (χ2n) is 2.55. The third kappa shape index (κ3) is 5.95. The summed E-state index contributed by atoms with van der Waals surface area (Å²) in [5.74, 6) is 0.639. The van der Waals surface area contributed by atoms with Crippen LogP contribution in [0.3, 0.4) is 0 Å². The van der Waals surface area contributed by atoms with Crippen molar-refractivity contribution in [2.24, 2.45) is 5.92 Å². The summed E-state index contributed by atoms with van der Waals surface area (Å²) in [6.45, 7) is 2.05. The Balaban J connectivity index is 3.21. The van der Waals surface area contributed by atoms with Gasteiger partial charge in [-0.2, -0.15) is 12.6 Å². The van der Waals surface area contributed by atoms with Crippen molar-refractivity contribution in [3.63, 3.8) is 0 Å². The Labute approximate surface area is 67.0 Å². The van der Waals surface area contributed by atoms with Gasteiger partial charge in [0.1, 0.15) is 0 Å². The van der Waals surface area contributed by atoms with Gasteiger partial charge in [-0.15, -0.1) is 0 Å². The van der Waals surface area contributed by atoms with Crippen LogP contribution in [-0.2, 0) is 4.79 Å². The number of hydrogen-bond acceptors (Lipinski definition) is 2. The summed E-state index contributed by atoms with van der Waals surface area (Å²) in [7, 11) is 0. The van der Waals surface area contributed by atoms with E-state index >= 15 is 0 Å². The maximum absolute atomic E-state index is 10.1. The Hall–Kier alpha value is -0.180. The molecule has 0 aromatic heterocycles. The van der Waals surface area contributed by atoms with Gasteiger partial charge in [0.25, 0.3) is 0 Å². The van der Waals surface area contributed by atoms with E-state index in [1.807, 2.05) is 0 Å². The first-order valence-corrected chi connectivity index (χ1v) is 4.12. The zero-order chi connectivity index (χ0) is 7.98. The van der Waals surface area contributed by atoms with Gasteiger partial charge in [-0.3, -0.25) is 4.79 Å². The summed E-state index contributed by atoms with van der Waals surface area (Å²) in [4.78, 5) is 10.1. The quantitative estimate of drug-likeness (QED) is 0.605. The molecule has 1 N–H and O–H groups in total. The van der Waals surface area contributed by atoms with E-state index in [9.17, 15) is 4.79 Å². The van der Waals surface area contributed by atoms with Crippen molar-refractivity contribution < 1.29 is 9.90 Å². The molecule has 3 heteroatoms. The van der Waals surface area contributed by atoms with Crippen LogP contribution in [0.2, 0.25) is 0 Å². The fourth-order valence-electron chi connectivity index (χ4n) is 0.735. The Kier molecular flexibility index (Phi) is 5.49. The lowest BCUT2D eigenvalue weighted by molar-refractivity contribution is -0.137. The number of carbonyl (C=O) groups is 1. The molecule has 0 spiro atoms. The number of thiol groups is 1. The first kappa shape index (κ1) is 9.82. The van der Waals surface area contributed by atoms with Gasteiger partial charge in [-0.1, -0.05) is 6.92 Å². The molecular formula is C7H14O2S. The summed E-state index contributed by atoms with van der Waals surface area (Å²) in [5.41, 5.74) is 0. The van der Waals surface area contributed by atoms with Gasteiger partial charge < -0.3 is 5.11 Å². The van der Waals surface area contributed by atoms with Crippen LogP contribution in [-0.4, -0.2) is 16.8 Å². The van der Waals surface area contributed by atoms with Crippen LogP contribution in [0.25, 0.3) is 0 Å². The third-order valence-corrected chi connectivity index (χ3v) is 1.73. The van der Waals surface area contributed by atoms with Crippen molar-refractivity contribution in [2.75, 3.05) is 5.75 Å². The summed E-state index contributed by atoms with van der Waals surface area (Å²) in [6.07, 6.45) is 2.07. The number of carboxylic acids is 1. The fourth-order valence-corrected chi connectivity index (χ4v) is 1.18. The molecule has 0 saturated carbocycles. The topological polar surface area (TPSA) is 37.3 Å². The van der Waals surface area contributed by atoms with Gasteiger partial charge >= 0.3 is 5.97 Å². The average molecular weight is 162 g/mol. The van der Waals surface area contributed by atoms with Crippen LogP contribution in [0.1, 0.15) is 26.2 Å². The number of hydrogen-bond donors (Lipinski definition) is 2. The van der Waals surface area contributed by atoms with Gasteiger partial charge in [0.05, 0.1) is 0 Å². The molecule has 10 heavy (non-hydrogen) atoms. The lowest BCUT2D eigenvalue weighted by Gasteiger charge is -2.05. The molecule has 0 amide bonds. The minimum absolute atomic E-state index is 0.287. The minimum atomic E-state index is -0.703. The molecule has 60 valence electrons. The molecule has 0 heterocycles. The lowest BCUT2D eigenvalue weighted by atomic mass is 10.0. The van der Waals surface area contributed by atoms with Crippen molar-refractivity contribution >= 4 is 18.6 Å². The van der Waals surface area contributed by atoms with Crippen molar-refractivity contribution in [1.82, 2.24) is 0 Å². The lowest BCUT2D eigenvalue weighted by Crippen LogP contribution is -2.01. The molecule has 0 aromatic carbocycles. The van der Waals surface area contributed by atoms with Crippen LogP contribution < -0.4 is 0 Å². The summed E-state index contributed by atoms with van der Waals surface area (Å²) in [6, 6.07) is 0. The van der Waals surface area contributed by atoms with Gasteiger partial charge in [-0.25, -0.2) is 0 Å². The molecule has 0 aliphatic rings. The molecule has 0 bridgehead atoms. The van der Waals surface area contributed by atoms with Gasteiger partial charge in [0, 0.05) is 6.42 Å². The smallest absolute Gasteiger partial charge is 0.303 e. The van der Waals surface area contributed by atoms with Crippen molar-refractivity contribution in [3.05, 3.63) is 0 Å². The Morgan fingerprint density at radius 1 is 1.60 bits per heavy atom. The van der Waals surface area contributed by atoms with E-state index in [4.69, 9.17) is 5.11 Å². The van der Waals surface area contributed by atoms with Crippen molar-refractivity contribution in [2.45, 2.75) is 26.2 Å². The zero-order valence-corrected chi connectivity index (χ0v) is 7.10. The zero-order valence-electron chi connectivity index (χ0n) is 6.21. The fraction of sp³-hybridized carbons (Fsp3) is 0.857. The van der Waals surface area contributed by atoms with Crippen LogP contribution in [0.5, 0.6) is 0 Å². The first-order chi connectivity index (χ1) is 4.66. The van der Waals surface area contributed by atoms with E-state index in [1.165, 1.54) is 0 Å². The van der Waals surface area contributed by atoms with Crippen LogP contribution in [0, 0.1) is 5.92 Å². The summed E-state index contributed by atoms with van der Waals surface area (Å²) < 4.78 is 0. The predicted octanol–water partition coefficient (Wildman–Crippen LogP) is 1.81. The van der Waals surface area contributed by atoms with Crippen LogP contribution >= 0.6 is 12.6 Å². The molecule has 2 nitrogen and oxygen atoms in total. The molecule has 0 saturated heterocycles. The van der Waals surface area contributed by atoms with Crippen molar-refractivity contribution in [1.29, 1.82) is 0 Å². The highest BCUT2D eigenvalue weighted by Gasteiger charge is 2.03. The van der Waals surface area contributed by atoms with Gasteiger partial charge in [-0.05, 0) is 24.5 Å². The Morgan fingerprint density at radius 3 is 2.60 bits per heavy atom. The molecule has 1 atom stereocenters. The minimum Gasteiger partial charge on any atom is -0.481 e. The molecular weight excluding hydrogens is 148 g/mol. The highest BCUT2D eigenvalue weighted by atomic mass is 32.1. The molecule has 0 aromatic rings. The normalized spacial score (nSPS) is 13.0. The van der Waals surface area contributed by atoms with Gasteiger partial charge in [0.15, 0.2) is 0 Å². The maximum atomic E-state index is 10.1.